The first-order chi connectivity index (χ1) is 25.8. The van der Waals surface area contributed by atoms with Crippen molar-refractivity contribution in [1.29, 1.82) is 0 Å². The van der Waals surface area contributed by atoms with Crippen LogP contribution in [0.25, 0.3) is 49.7 Å². The summed E-state index contributed by atoms with van der Waals surface area (Å²) >= 11 is 0. The molecule has 11 rings (SSSR count). The van der Waals surface area contributed by atoms with Gasteiger partial charge in [-0.25, -0.2) is 0 Å². The highest BCUT2D eigenvalue weighted by molar-refractivity contribution is 6.16. The summed E-state index contributed by atoms with van der Waals surface area (Å²) < 4.78 is 16.3. The Balaban J connectivity index is 1.25. The topological polar surface area (TPSA) is 23.4 Å². The maximum atomic E-state index is 7.29. The van der Waals surface area contributed by atoms with E-state index in [2.05, 4.69) is 193 Å². The summed E-state index contributed by atoms with van der Waals surface area (Å²) in [5.41, 5.74) is 11.6. The van der Waals surface area contributed by atoms with E-state index in [-0.39, 0.29) is 0 Å². The van der Waals surface area contributed by atoms with Gasteiger partial charge < -0.3 is 14.0 Å². The van der Waals surface area contributed by atoms with E-state index in [0.29, 0.717) is 0 Å². The second-order valence-electron chi connectivity index (χ2n) is 13.6. The summed E-state index contributed by atoms with van der Waals surface area (Å²) in [5, 5.41) is 2.40. The summed E-state index contributed by atoms with van der Waals surface area (Å²) in [7, 11) is 0. The molecule has 0 radical (unpaired) electrons. The molecule has 0 fully saturated rings. The highest BCUT2D eigenvalue weighted by Crippen LogP contribution is 2.63. The zero-order chi connectivity index (χ0) is 34.2. The van der Waals surface area contributed by atoms with E-state index in [1.807, 2.05) is 0 Å². The Morgan fingerprint density at radius 1 is 0.385 bits per heavy atom. The van der Waals surface area contributed by atoms with Gasteiger partial charge in [-0.15, -0.1) is 0 Å². The summed E-state index contributed by atoms with van der Waals surface area (Å²) in [6, 6.07) is 66.9. The van der Waals surface area contributed by atoms with Gasteiger partial charge in [0.1, 0.15) is 23.0 Å². The van der Waals surface area contributed by atoms with Gasteiger partial charge in [0, 0.05) is 44.3 Å². The monoisotopic (exact) mass is 665 g/mol. The van der Waals surface area contributed by atoms with Crippen LogP contribution in [-0.4, -0.2) is 4.57 Å². The fourth-order valence-electron chi connectivity index (χ4n) is 8.81. The summed E-state index contributed by atoms with van der Waals surface area (Å²) in [6.07, 6.45) is 0. The molecule has 1 spiro atoms. The lowest BCUT2D eigenvalue weighted by molar-refractivity contribution is 0.400. The molecule has 0 atom stereocenters. The number of nitrogens with zero attached hydrogens (tertiary/aromatic N) is 1. The molecular formula is C49H31NO2. The average Bonchev–Trinajstić information content (AvgIpc) is 3.56. The van der Waals surface area contributed by atoms with E-state index < -0.39 is 5.41 Å². The number of fused-ring (bicyclic) bond motifs is 11. The van der Waals surface area contributed by atoms with Crippen molar-refractivity contribution in [3.63, 3.8) is 0 Å². The Hall–Kier alpha value is -6.84. The standard InChI is InChI=1S/C49H31NO2/c1-3-15-32(16-4-1)33-29-30-40-46(31-33)52-48-36(21-13-24-41(48)49(40)38-22-8-11-27-44(38)51-45-28-12-9-23-39(45)49)35-20-14-26-43-47(35)37-19-7-10-25-42(37)50(43)34-17-5-2-6-18-34/h1-31H. The molecule has 0 bridgehead atoms. The second kappa shape index (κ2) is 11.1. The molecule has 9 aromatic rings. The molecule has 0 N–H and O–H groups in total. The summed E-state index contributed by atoms with van der Waals surface area (Å²) in [4.78, 5) is 0. The minimum Gasteiger partial charge on any atom is -0.457 e. The molecular weight excluding hydrogens is 635 g/mol. The lowest BCUT2D eigenvalue weighted by Gasteiger charge is -2.45. The molecule has 0 amide bonds. The van der Waals surface area contributed by atoms with Crippen LogP contribution in [0.3, 0.4) is 0 Å². The van der Waals surface area contributed by atoms with Gasteiger partial charge in [-0.05, 0) is 59.2 Å². The molecule has 244 valence electrons. The largest absolute Gasteiger partial charge is 0.457 e. The zero-order valence-electron chi connectivity index (χ0n) is 28.2. The van der Waals surface area contributed by atoms with E-state index in [1.54, 1.807) is 0 Å². The Bertz CT molecular complexity index is 2810. The molecule has 3 heterocycles. The molecule has 0 saturated carbocycles. The van der Waals surface area contributed by atoms with Crippen molar-refractivity contribution in [2.45, 2.75) is 5.41 Å². The van der Waals surface area contributed by atoms with E-state index in [9.17, 15) is 0 Å². The van der Waals surface area contributed by atoms with Crippen LogP contribution in [0.15, 0.2) is 188 Å². The minimum atomic E-state index is -0.689. The highest BCUT2D eigenvalue weighted by atomic mass is 16.5. The van der Waals surface area contributed by atoms with Crippen LogP contribution in [-0.2, 0) is 5.41 Å². The van der Waals surface area contributed by atoms with Gasteiger partial charge in [0.2, 0.25) is 0 Å². The lowest BCUT2D eigenvalue weighted by Crippen LogP contribution is -2.37. The Labute approximate surface area is 301 Å². The van der Waals surface area contributed by atoms with Crippen molar-refractivity contribution in [1.82, 2.24) is 4.57 Å². The van der Waals surface area contributed by atoms with Crippen LogP contribution in [0.2, 0.25) is 0 Å². The van der Waals surface area contributed by atoms with Gasteiger partial charge in [0.15, 0.2) is 0 Å². The van der Waals surface area contributed by atoms with E-state index in [1.165, 1.54) is 16.3 Å². The van der Waals surface area contributed by atoms with E-state index in [0.717, 1.165) is 78.7 Å². The molecule has 0 aliphatic carbocycles. The van der Waals surface area contributed by atoms with Crippen molar-refractivity contribution in [3.8, 4) is 50.9 Å². The third kappa shape index (κ3) is 3.96. The molecule has 3 heteroatoms. The zero-order valence-corrected chi connectivity index (χ0v) is 28.2. The number of ether oxygens (including phenoxy) is 2. The Morgan fingerprint density at radius 3 is 1.77 bits per heavy atom. The lowest BCUT2D eigenvalue weighted by atomic mass is 9.62. The van der Waals surface area contributed by atoms with Gasteiger partial charge in [-0.2, -0.15) is 0 Å². The van der Waals surface area contributed by atoms with Gasteiger partial charge in [-0.1, -0.05) is 146 Å². The van der Waals surface area contributed by atoms with Crippen molar-refractivity contribution in [2.75, 3.05) is 0 Å². The fourth-order valence-corrected chi connectivity index (χ4v) is 8.81. The number of para-hydroxylation sites is 5. The molecule has 2 aliphatic rings. The van der Waals surface area contributed by atoms with Crippen LogP contribution in [0.5, 0.6) is 23.0 Å². The molecule has 1 aromatic heterocycles. The first-order valence-electron chi connectivity index (χ1n) is 17.8. The van der Waals surface area contributed by atoms with Crippen LogP contribution in [0.1, 0.15) is 22.3 Å². The Kier molecular flexibility index (Phi) is 6.17. The van der Waals surface area contributed by atoms with Gasteiger partial charge in [0.25, 0.3) is 0 Å². The third-order valence-electron chi connectivity index (χ3n) is 10.9. The minimum absolute atomic E-state index is 0.689. The predicted molar refractivity (Wildman–Crippen MR) is 210 cm³/mol. The quantitative estimate of drug-likeness (QED) is 0.187. The molecule has 8 aromatic carbocycles. The predicted octanol–water partition coefficient (Wildman–Crippen LogP) is 12.7. The first kappa shape index (κ1) is 28.9. The van der Waals surface area contributed by atoms with Crippen molar-refractivity contribution in [3.05, 3.63) is 210 Å². The maximum absolute atomic E-state index is 7.29. The van der Waals surface area contributed by atoms with Crippen LogP contribution < -0.4 is 9.47 Å². The van der Waals surface area contributed by atoms with Gasteiger partial charge in [0.05, 0.1) is 16.4 Å². The number of hydrogen-bond acceptors (Lipinski definition) is 2. The molecule has 0 unspecified atom stereocenters. The number of aromatic nitrogens is 1. The average molecular weight is 666 g/mol. The van der Waals surface area contributed by atoms with Crippen LogP contribution >= 0.6 is 0 Å². The van der Waals surface area contributed by atoms with Crippen molar-refractivity contribution < 1.29 is 9.47 Å². The van der Waals surface area contributed by atoms with Gasteiger partial charge >= 0.3 is 0 Å². The second-order valence-corrected chi connectivity index (χ2v) is 13.6. The molecule has 3 nitrogen and oxygen atoms in total. The Morgan fingerprint density at radius 2 is 0.981 bits per heavy atom. The molecule has 2 aliphatic heterocycles. The van der Waals surface area contributed by atoms with Crippen LogP contribution in [0, 0.1) is 0 Å². The molecule has 0 saturated heterocycles. The van der Waals surface area contributed by atoms with Crippen molar-refractivity contribution in [2.24, 2.45) is 0 Å². The SMILES string of the molecule is c1ccc(-c2ccc3c(c2)Oc2c(-c4cccc5c4c4ccccc4n5-c4ccccc4)cccc2C32c3ccccc3Oc3ccccc32)cc1. The first-order valence-corrected chi connectivity index (χ1v) is 17.8. The summed E-state index contributed by atoms with van der Waals surface area (Å²) in [5.74, 6) is 3.40. The number of benzene rings is 8. The van der Waals surface area contributed by atoms with Crippen molar-refractivity contribution >= 4 is 21.8 Å². The fraction of sp³-hybridized carbons (Fsp3) is 0.0204. The van der Waals surface area contributed by atoms with E-state index >= 15 is 0 Å². The third-order valence-corrected chi connectivity index (χ3v) is 10.9. The normalized spacial score (nSPS) is 13.5. The number of rotatable bonds is 3. The maximum Gasteiger partial charge on any atom is 0.140 e. The molecule has 52 heavy (non-hydrogen) atoms. The number of hydrogen-bond donors (Lipinski definition) is 0. The van der Waals surface area contributed by atoms with Gasteiger partial charge in [-0.3, -0.25) is 0 Å². The van der Waals surface area contributed by atoms with Crippen LogP contribution in [0.4, 0.5) is 0 Å². The smallest absolute Gasteiger partial charge is 0.140 e. The van der Waals surface area contributed by atoms with E-state index in [4.69, 9.17) is 9.47 Å². The summed E-state index contributed by atoms with van der Waals surface area (Å²) in [6.45, 7) is 0. The highest BCUT2D eigenvalue weighted by Gasteiger charge is 2.51.